The van der Waals surface area contributed by atoms with E-state index >= 15 is 0 Å². The number of pyridine rings is 1. The molecule has 3 aromatic rings. The number of non-ortho nitro benzene ring substituents is 1. The molecule has 9 heteroatoms. The number of benzene rings is 1. The van der Waals surface area contributed by atoms with Crippen molar-refractivity contribution in [3.63, 3.8) is 0 Å². The Bertz CT molecular complexity index is 1000. The Morgan fingerprint density at radius 3 is 2.81 bits per heavy atom. The molecule has 0 aliphatic heterocycles. The van der Waals surface area contributed by atoms with Gasteiger partial charge in [0.05, 0.1) is 10.6 Å². The largest absolute Gasteiger partial charge is 0.382 e. The number of rotatable bonds is 5. The lowest BCUT2D eigenvalue weighted by Crippen LogP contribution is -2.03. The SMILES string of the molecule is N#Cc1c(N)nc(SCc2cccnc2)nc1-c1cccc([N+](=O)[O-])c1. The van der Waals surface area contributed by atoms with Crippen molar-refractivity contribution in [2.24, 2.45) is 0 Å². The van der Waals surface area contributed by atoms with Crippen LogP contribution < -0.4 is 5.73 Å². The van der Waals surface area contributed by atoms with E-state index in [1.807, 2.05) is 18.2 Å². The molecule has 26 heavy (non-hydrogen) atoms. The lowest BCUT2D eigenvalue weighted by molar-refractivity contribution is -0.384. The van der Waals surface area contributed by atoms with E-state index in [1.54, 1.807) is 18.5 Å². The monoisotopic (exact) mass is 364 g/mol. The summed E-state index contributed by atoms with van der Waals surface area (Å²) >= 11 is 1.34. The van der Waals surface area contributed by atoms with Crippen molar-refractivity contribution in [3.8, 4) is 17.3 Å². The third-order valence-electron chi connectivity index (χ3n) is 3.45. The smallest absolute Gasteiger partial charge is 0.270 e. The lowest BCUT2D eigenvalue weighted by Gasteiger charge is -2.08. The molecular formula is C17H12N6O2S. The van der Waals surface area contributed by atoms with Gasteiger partial charge in [0.25, 0.3) is 5.69 Å². The maximum Gasteiger partial charge on any atom is 0.270 e. The summed E-state index contributed by atoms with van der Waals surface area (Å²) in [6.45, 7) is 0. The van der Waals surface area contributed by atoms with Crippen LogP contribution in [0.25, 0.3) is 11.3 Å². The highest BCUT2D eigenvalue weighted by atomic mass is 32.2. The summed E-state index contributed by atoms with van der Waals surface area (Å²) in [4.78, 5) is 23.1. The first kappa shape index (κ1) is 17.3. The zero-order valence-electron chi connectivity index (χ0n) is 13.4. The summed E-state index contributed by atoms with van der Waals surface area (Å²) in [5.74, 6) is 0.616. The van der Waals surface area contributed by atoms with Crippen LogP contribution in [0, 0.1) is 21.4 Å². The molecule has 1 aromatic carbocycles. The minimum atomic E-state index is -0.502. The number of hydrogen-bond acceptors (Lipinski definition) is 8. The standard InChI is InChI=1S/C17H12N6O2S/c18-8-14-15(12-4-1-5-13(7-12)23(24)25)21-17(22-16(14)19)26-10-11-3-2-6-20-9-11/h1-7,9H,10H2,(H2,19,21,22). The second kappa shape index (κ2) is 7.58. The van der Waals surface area contributed by atoms with Crippen molar-refractivity contribution >= 4 is 23.3 Å². The molecule has 0 aliphatic carbocycles. The van der Waals surface area contributed by atoms with Crippen molar-refractivity contribution in [2.45, 2.75) is 10.9 Å². The molecule has 8 nitrogen and oxygen atoms in total. The molecule has 0 aliphatic rings. The number of nitrogens with two attached hydrogens (primary N) is 1. The van der Waals surface area contributed by atoms with E-state index in [1.165, 1.54) is 30.0 Å². The maximum atomic E-state index is 11.0. The Morgan fingerprint density at radius 1 is 1.27 bits per heavy atom. The Morgan fingerprint density at radius 2 is 2.12 bits per heavy atom. The van der Waals surface area contributed by atoms with Gasteiger partial charge >= 0.3 is 0 Å². The molecule has 0 radical (unpaired) electrons. The lowest BCUT2D eigenvalue weighted by atomic mass is 10.1. The van der Waals surface area contributed by atoms with Crippen LogP contribution in [0.5, 0.6) is 0 Å². The highest BCUT2D eigenvalue weighted by Crippen LogP contribution is 2.30. The summed E-state index contributed by atoms with van der Waals surface area (Å²) in [6.07, 6.45) is 3.42. The van der Waals surface area contributed by atoms with E-state index in [-0.39, 0.29) is 22.8 Å². The first-order chi connectivity index (χ1) is 12.6. The fraction of sp³-hybridized carbons (Fsp3) is 0.0588. The number of hydrogen-bond donors (Lipinski definition) is 1. The molecule has 0 saturated heterocycles. The van der Waals surface area contributed by atoms with Gasteiger partial charge in [0, 0.05) is 35.8 Å². The Balaban J connectivity index is 1.99. The molecule has 2 aromatic heterocycles. The first-order valence-corrected chi connectivity index (χ1v) is 8.41. The second-order valence-electron chi connectivity index (χ2n) is 5.18. The van der Waals surface area contributed by atoms with Gasteiger partial charge in [-0.1, -0.05) is 30.0 Å². The number of nitrogens with zero attached hydrogens (tertiary/aromatic N) is 5. The van der Waals surface area contributed by atoms with Crippen molar-refractivity contribution < 1.29 is 4.92 Å². The van der Waals surface area contributed by atoms with Crippen LogP contribution in [0.1, 0.15) is 11.1 Å². The van der Waals surface area contributed by atoms with Crippen molar-refractivity contribution in [1.29, 1.82) is 5.26 Å². The van der Waals surface area contributed by atoms with E-state index in [9.17, 15) is 15.4 Å². The third-order valence-corrected chi connectivity index (χ3v) is 4.37. The topological polar surface area (TPSA) is 132 Å². The number of nitro benzene ring substituents is 1. The van der Waals surface area contributed by atoms with Crippen LogP contribution in [0.3, 0.4) is 0 Å². The highest BCUT2D eigenvalue weighted by Gasteiger charge is 2.17. The van der Waals surface area contributed by atoms with Crippen LogP contribution in [-0.2, 0) is 5.75 Å². The van der Waals surface area contributed by atoms with Gasteiger partial charge in [-0.25, -0.2) is 9.97 Å². The first-order valence-electron chi connectivity index (χ1n) is 7.42. The fourth-order valence-corrected chi connectivity index (χ4v) is 3.02. The van der Waals surface area contributed by atoms with Crippen LogP contribution >= 0.6 is 11.8 Å². The van der Waals surface area contributed by atoms with E-state index in [0.29, 0.717) is 16.5 Å². The van der Waals surface area contributed by atoms with Crippen LogP contribution in [-0.4, -0.2) is 19.9 Å². The van der Waals surface area contributed by atoms with Crippen LogP contribution in [0.2, 0.25) is 0 Å². The molecule has 0 fully saturated rings. The molecule has 0 bridgehead atoms. The summed E-state index contributed by atoms with van der Waals surface area (Å²) in [5, 5.41) is 20.8. The molecule has 2 heterocycles. The van der Waals surface area contributed by atoms with Crippen molar-refractivity contribution in [1.82, 2.24) is 15.0 Å². The zero-order chi connectivity index (χ0) is 18.5. The van der Waals surface area contributed by atoms with Gasteiger partial charge in [0.15, 0.2) is 5.16 Å². The quantitative estimate of drug-likeness (QED) is 0.316. The highest BCUT2D eigenvalue weighted by molar-refractivity contribution is 7.98. The maximum absolute atomic E-state index is 11.0. The number of thioether (sulfide) groups is 1. The summed E-state index contributed by atoms with van der Waals surface area (Å²) in [6, 6.07) is 11.6. The van der Waals surface area contributed by atoms with Crippen LogP contribution in [0.4, 0.5) is 11.5 Å². The Kier molecular flexibility index (Phi) is 5.05. The van der Waals surface area contributed by atoms with Gasteiger partial charge in [-0.15, -0.1) is 0 Å². The van der Waals surface area contributed by atoms with E-state index in [0.717, 1.165) is 5.56 Å². The number of nitrogen functional groups attached to an aromatic ring is 1. The fourth-order valence-electron chi connectivity index (χ4n) is 2.24. The summed E-state index contributed by atoms with van der Waals surface area (Å²) in [7, 11) is 0. The molecule has 3 rings (SSSR count). The third kappa shape index (κ3) is 3.76. The van der Waals surface area contributed by atoms with Gasteiger partial charge in [-0.2, -0.15) is 5.26 Å². The van der Waals surface area contributed by atoms with E-state index in [4.69, 9.17) is 5.73 Å². The molecular weight excluding hydrogens is 352 g/mol. The summed E-state index contributed by atoms with van der Waals surface area (Å²) in [5.41, 5.74) is 7.61. The van der Waals surface area contributed by atoms with E-state index in [2.05, 4.69) is 15.0 Å². The Labute approximate surface area is 152 Å². The molecule has 0 atom stereocenters. The van der Waals surface area contributed by atoms with Gasteiger partial charge in [-0.05, 0) is 11.6 Å². The Hall–Kier alpha value is -3.51. The molecule has 0 spiro atoms. The second-order valence-corrected chi connectivity index (χ2v) is 6.13. The van der Waals surface area contributed by atoms with Crippen molar-refractivity contribution in [3.05, 3.63) is 70.0 Å². The number of aromatic nitrogens is 3. The minimum Gasteiger partial charge on any atom is -0.382 e. The zero-order valence-corrected chi connectivity index (χ0v) is 14.2. The molecule has 0 saturated carbocycles. The average molecular weight is 364 g/mol. The molecule has 0 amide bonds. The normalized spacial score (nSPS) is 10.3. The molecule has 0 unspecified atom stereocenters. The number of anilines is 1. The summed E-state index contributed by atoms with van der Waals surface area (Å²) < 4.78 is 0. The number of nitriles is 1. The van der Waals surface area contributed by atoms with Crippen molar-refractivity contribution in [2.75, 3.05) is 5.73 Å². The van der Waals surface area contributed by atoms with Gasteiger partial charge in [0.2, 0.25) is 0 Å². The van der Waals surface area contributed by atoms with Crippen LogP contribution in [0.15, 0.2) is 53.9 Å². The minimum absolute atomic E-state index is 0.0395. The van der Waals surface area contributed by atoms with Gasteiger partial charge in [-0.3, -0.25) is 15.1 Å². The van der Waals surface area contributed by atoms with Gasteiger partial charge < -0.3 is 5.73 Å². The number of nitro groups is 1. The predicted molar refractivity (Wildman–Crippen MR) is 97.0 cm³/mol. The average Bonchev–Trinajstić information content (AvgIpc) is 2.67. The van der Waals surface area contributed by atoms with Gasteiger partial charge in [0.1, 0.15) is 17.5 Å². The molecule has 128 valence electrons. The predicted octanol–water partition coefficient (Wildman–Crippen LogP) is 3.19. The molecule has 2 N–H and O–H groups in total. The van der Waals surface area contributed by atoms with E-state index < -0.39 is 4.92 Å².